The van der Waals surface area contributed by atoms with E-state index >= 15 is 0 Å². The second-order valence-electron chi connectivity index (χ2n) is 9.53. The molecule has 0 aliphatic heterocycles. The van der Waals surface area contributed by atoms with Crippen LogP contribution in [0.3, 0.4) is 0 Å². The third-order valence-corrected chi connectivity index (χ3v) is 7.30. The Morgan fingerprint density at radius 1 is 0.450 bits per heavy atom. The van der Waals surface area contributed by atoms with Crippen LogP contribution in [0.1, 0.15) is 74.8 Å². The van der Waals surface area contributed by atoms with Gasteiger partial charge in [0.25, 0.3) is 0 Å². The number of carboxylic acids is 4. The first-order valence-electron chi connectivity index (χ1n) is 12.5. The van der Waals surface area contributed by atoms with Crippen molar-refractivity contribution in [3.05, 3.63) is 92.0 Å². The summed E-state index contributed by atoms with van der Waals surface area (Å²) in [5.41, 5.74) is 3.07. The number of carboxylic acid groups (broad SMARTS) is 4. The lowest BCUT2D eigenvalue weighted by atomic mass is 9.86. The smallest absolute Gasteiger partial charge is 0.336 e. The third-order valence-electron chi connectivity index (χ3n) is 7.30. The SMILES string of the molecule is COc1cc2c(cc1OC)CCc1cc(C(=O)O)c(C(=O)O)cc1CCc1cc(C(=O)O)c(C(=O)O)cc1CC2. The fourth-order valence-electron chi connectivity index (χ4n) is 5.25. The zero-order chi connectivity index (χ0) is 29.1. The number of methoxy groups -OCH3 is 2. The van der Waals surface area contributed by atoms with Crippen molar-refractivity contribution in [1.82, 2.24) is 0 Å². The van der Waals surface area contributed by atoms with E-state index in [0.717, 1.165) is 11.1 Å². The molecular weight excluding hydrogens is 520 g/mol. The maximum Gasteiger partial charge on any atom is 0.336 e. The minimum absolute atomic E-state index is 0.298. The van der Waals surface area contributed by atoms with Crippen molar-refractivity contribution in [2.24, 2.45) is 0 Å². The monoisotopic (exact) mass is 548 g/mol. The van der Waals surface area contributed by atoms with Crippen molar-refractivity contribution < 1.29 is 49.1 Å². The average Bonchev–Trinajstić information content (AvgIpc) is 2.92. The molecule has 0 heterocycles. The van der Waals surface area contributed by atoms with Crippen molar-refractivity contribution in [2.45, 2.75) is 38.5 Å². The van der Waals surface area contributed by atoms with E-state index in [9.17, 15) is 39.6 Å². The summed E-state index contributed by atoms with van der Waals surface area (Å²) in [5, 5.41) is 38.8. The predicted molar refractivity (Wildman–Crippen MR) is 142 cm³/mol. The predicted octanol–water partition coefficient (Wildman–Crippen LogP) is 4.17. The van der Waals surface area contributed by atoms with Gasteiger partial charge in [0.05, 0.1) is 36.5 Å². The summed E-state index contributed by atoms with van der Waals surface area (Å²) in [6.45, 7) is 0. The summed E-state index contributed by atoms with van der Waals surface area (Å²) in [6.07, 6.45) is 2.44. The van der Waals surface area contributed by atoms with Crippen LogP contribution in [0, 0.1) is 0 Å². The lowest BCUT2D eigenvalue weighted by Gasteiger charge is -2.20. The number of carbonyl (C=O) groups is 4. The Bertz CT molecular complexity index is 1420. The molecule has 4 N–H and O–H groups in total. The zero-order valence-electron chi connectivity index (χ0n) is 21.9. The molecule has 1 aliphatic carbocycles. The molecule has 208 valence electrons. The molecule has 4 rings (SSSR count). The van der Waals surface area contributed by atoms with Crippen LogP contribution in [-0.4, -0.2) is 58.5 Å². The van der Waals surface area contributed by atoms with Crippen molar-refractivity contribution in [2.75, 3.05) is 14.2 Å². The number of hydrogen-bond donors (Lipinski definition) is 4. The molecule has 0 saturated heterocycles. The molecule has 10 nitrogen and oxygen atoms in total. The summed E-state index contributed by atoms with van der Waals surface area (Å²) in [7, 11) is 3.04. The summed E-state index contributed by atoms with van der Waals surface area (Å²) in [6, 6.07) is 9.22. The Labute approximate surface area is 229 Å². The highest BCUT2D eigenvalue weighted by Gasteiger charge is 2.23. The van der Waals surface area contributed by atoms with E-state index in [-0.39, 0.29) is 22.3 Å². The molecule has 40 heavy (non-hydrogen) atoms. The van der Waals surface area contributed by atoms with Crippen LogP contribution in [0.25, 0.3) is 0 Å². The fourth-order valence-corrected chi connectivity index (χ4v) is 5.25. The first-order chi connectivity index (χ1) is 19.0. The number of fused-ring (bicyclic) bond motifs is 3. The number of aromatic carboxylic acids is 4. The molecular formula is C30H28O10. The number of aryl methyl sites for hydroxylation is 6. The van der Waals surface area contributed by atoms with Crippen LogP contribution < -0.4 is 9.47 Å². The van der Waals surface area contributed by atoms with Gasteiger partial charge >= 0.3 is 23.9 Å². The number of hydrogen-bond acceptors (Lipinski definition) is 6. The molecule has 0 spiro atoms. The van der Waals surface area contributed by atoms with Gasteiger partial charge in [0.1, 0.15) is 0 Å². The second-order valence-corrected chi connectivity index (χ2v) is 9.53. The molecule has 0 atom stereocenters. The van der Waals surface area contributed by atoms with Gasteiger partial charge in [0, 0.05) is 0 Å². The molecule has 0 aromatic heterocycles. The molecule has 0 radical (unpaired) electrons. The number of benzene rings is 3. The van der Waals surface area contributed by atoms with Gasteiger partial charge in [-0.05, 0) is 108 Å². The van der Waals surface area contributed by atoms with E-state index in [4.69, 9.17) is 9.47 Å². The Morgan fingerprint density at radius 2 is 0.650 bits per heavy atom. The van der Waals surface area contributed by atoms with Crippen LogP contribution in [-0.2, 0) is 38.5 Å². The van der Waals surface area contributed by atoms with E-state index in [0.29, 0.717) is 72.3 Å². The minimum Gasteiger partial charge on any atom is -0.493 e. The Hall–Kier alpha value is -4.86. The van der Waals surface area contributed by atoms with E-state index < -0.39 is 23.9 Å². The minimum atomic E-state index is -1.37. The Morgan fingerprint density at radius 3 is 0.825 bits per heavy atom. The topological polar surface area (TPSA) is 168 Å². The molecule has 1 aliphatic rings. The van der Waals surface area contributed by atoms with Gasteiger partial charge in [-0.2, -0.15) is 0 Å². The van der Waals surface area contributed by atoms with Crippen molar-refractivity contribution in [3.63, 3.8) is 0 Å². The van der Waals surface area contributed by atoms with Crippen LogP contribution in [0.2, 0.25) is 0 Å². The van der Waals surface area contributed by atoms with E-state index in [2.05, 4.69) is 0 Å². The maximum atomic E-state index is 11.9. The lowest BCUT2D eigenvalue weighted by molar-refractivity contribution is 0.0651. The van der Waals surface area contributed by atoms with E-state index in [1.807, 2.05) is 12.1 Å². The number of rotatable bonds is 6. The van der Waals surface area contributed by atoms with Gasteiger partial charge in [0.2, 0.25) is 0 Å². The van der Waals surface area contributed by atoms with Crippen molar-refractivity contribution >= 4 is 23.9 Å². The summed E-state index contributed by atoms with van der Waals surface area (Å²) < 4.78 is 11.0. The summed E-state index contributed by atoms with van der Waals surface area (Å²) in [5.74, 6) is -4.41. The van der Waals surface area contributed by atoms with Gasteiger partial charge in [-0.1, -0.05) is 0 Å². The normalized spacial score (nSPS) is 12.9. The maximum absolute atomic E-state index is 11.9. The van der Waals surface area contributed by atoms with Gasteiger partial charge in [-0.25, -0.2) is 19.2 Å². The first-order valence-corrected chi connectivity index (χ1v) is 12.5. The van der Waals surface area contributed by atoms with Gasteiger partial charge in [-0.15, -0.1) is 0 Å². The molecule has 0 bridgehead atoms. The van der Waals surface area contributed by atoms with Crippen LogP contribution in [0.5, 0.6) is 11.5 Å². The lowest BCUT2D eigenvalue weighted by Crippen LogP contribution is -2.14. The van der Waals surface area contributed by atoms with Gasteiger partial charge in [0.15, 0.2) is 11.5 Å². The average molecular weight is 549 g/mol. The molecule has 0 amide bonds. The molecule has 0 fully saturated rings. The van der Waals surface area contributed by atoms with E-state index in [1.165, 1.54) is 38.5 Å². The van der Waals surface area contributed by atoms with E-state index in [1.54, 1.807) is 0 Å². The van der Waals surface area contributed by atoms with Crippen molar-refractivity contribution in [3.8, 4) is 11.5 Å². The second kappa shape index (κ2) is 11.5. The summed E-state index contributed by atoms with van der Waals surface area (Å²) >= 11 is 0. The molecule has 3 aromatic rings. The quantitative estimate of drug-likeness (QED) is 0.351. The third kappa shape index (κ3) is 5.61. The molecule has 10 heteroatoms. The van der Waals surface area contributed by atoms with Crippen LogP contribution in [0.15, 0.2) is 36.4 Å². The van der Waals surface area contributed by atoms with Gasteiger partial charge in [-0.3, -0.25) is 0 Å². The van der Waals surface area contributed by atoms with Crippen LogP contribution in [0.4, 0.5) is 0 Å². The first kappa shape index (κ1) is 28.2. The largest absolute Gasteiger partial charge is 0.493 e. The Kier molecular flexibility index (Phi) is 8.08. The zero-order valence-corrected chi connectivity index (χ0v) is 21.9. The standard InChI is InChI=1S/C30H28O10/c1-39-25-13-19-7-5-17-11-23(29(35)36)21(27(31)32)9-15(17)3-4-16-10-22(28(33)34)24(30(37)38)12-18(16)6-8-20(19)14-26(25)40-2/h9-14H,3-8H2,1-2H3,(H,31,32)(H,33,34)(H,35,36)(H,37,38). The fraction of sp³-hybridized carbons (Fsp3) is 0.267. The molecule has 0 unspecified atom stereocenters. The number of ether oxygens (including phenoxy) is 2. The van der Waals surface area contributed by atoms with Crippen molar-refractivity contribution in [1.29, 1.82) is 0 Å². The van der Waals surface area contributed by atoms with Gasteiger partial charge < -0.3 is 29.9 Å². The highest BCUT2D eigenvalue weighted by molar-refractivity contribution is 6.03. The van der Waals surface area contributed by atoms with Crippen LogP contribution >= 0.6 is 0 Å². The highest BCUT2D eigenvalue weighted by Crippen LogP contribution is 2.33. The molecule has 3 aromatic carbocycles. The molecule has 0 saturated carbocycles. The summed E-state index contributed by atoms with van der Waals surface area (Å²) in [4.78, 5) is 47.6. The highest BCUT2D eigenvalue weighted by atomic mass is 16.5. The Balaban J connectivity index is 1.94.